The van der Waals surface area contributed by atoms with Gasteiger partial charge in [-0.25, -0.2) is 16.8 Å². The molecule has 1 amide bonds. The molecule has 0 radical (unpaired) electrons. The predicted molar refractivity (Wildman–Crippen MR) is 107 cm³/mol. The highest BCUT2D eigenvalue weighted by molar-refractivity contribution is 7.91. The van der Waals surface area contributed by atoms with Crippen molar-refractivity contribution in [2.24, 2.45) is 0 Å². The van der Waals surface area contributed by atoms with E-state index in [1.54, 1.807) is 32.0 Å². The lowest BCUT2D eigenvalue weighted by Crippen LogP contribution is -2.33. The minimum Gasteiger partial charge on any atom is -0.351 e. The molecule has 2 aromatic rings. The highest BCUT2D eigenvalue weighted by atomic mass is 32.2. The second-order valence-corrected chi connectivity index (χ2v) is 10.6. The van der Waals surface area contributed by atoms with Crippen molar-refractivity contribution in [2.45, 2.75) is 29.7 Å². The first-order valence-electron chi connectivity index (χ1n) is 8.70. The van der Waals surface area contributed by atoms with Crippen LogP contribution in [-0.4, -0.2) is 52.4 Å². The van der Waals surface area contributed by atoms with Crippen LogP contribution in [0.4, 0.5) is 0 Å². The molecule has 0 saturated carbocycles. The van der Waals surface area contributed by atoms with Crippen LogP contribution in [0.2, 0.25) is 0 Å². The number of sulfonamides is 1. The summed E-state index contributed by atoms with van der Waals surface area (Å²) in [5.74, 6) is -0.788. The second kappa shape index (κ2) is 8.85. The van der Waals surface area contributed by atoms with Crippen LogP contribution in [0.5, 0.6) is 0 Å². The van der Waals surface area contributed by atoms with Gasteiger partial charge in [-0.1, -0.05) is 24.3 Å². The minimum atomic E-state index is -3.72. The summed E-state index contributed by atoms with van der Waals surface area (Å²) in [6.45, 7) is 3.42. The van der Waals surface area contributed by atoms with Crippen molar-refractivity contribution >= 4 is 25.8 Å². The van der Waals surface area contributed by atoms with Gasteiger partial charge in [0.25, 0.3) is 5.91 Å². The Bertz CT molecular complexity index is 1030. The van der Waals surface area contributed by atoms with Gasteiger partial charge in [0.2, 0.25) is 10.0 Å². The van der Waals surface area contributed by atoms with Crippen molar-refractivity contribution in [3.8, 4) is 0 Å². The van der Waals surface area contributed by atoms with Gasteiger partial charge in [-0.05, 0) is 44.2 Å². The summed E-state index contributed by atoms with van der Waals surface area (Å²) in [4.78, 5) is 12.5. The fourth-order valence-electron chi connectivity index (χ4n) is 2.39. The molecule has 0 heterocycles. The highest BCUT2D eigenvalue weighted by Gasteiger charge is 2.24. The molecule has 9 heteroatoms. The zero-order chi connectivity index (χ0) is 20.9. The number of hydrogen-bond acceptors (Lipinski definition) is 5. The number of amides is 1. The van der Waals surface area contributed by atoms with Crippen molar-refractivity contribution in [3.63, 3.8) is 0 Å². The van der Waals surface area contributed by atoms with Crippen molar-refractivity contribution in [3.05, 3.63) is 60.2 Å². The summed E-state index contributed by atoms with van der Waals surface area (Å²) in [5.41, 5.74) is 0.148. The Morgan fingerprint density at radius 1 is 0.964 bits per heavy atom. The molecule has 0 bridgehead atoms. The maximum Gasteiger partial charge on any atom is 0.251 e. The van der Waals surface area contributed by atoms with E-state index in [0.29, 0.717) is 0 Å². The van der Waals surface area contributed by atoms with Gasteiger partial charge in [-0.2, -0.15) is 4.31 Å². The van der Waals surface area contributed by atoms with Crippen molar-refractivity contribution < 1.29 is 21.6 Å². The maximum absolute atomic E-state index is 12.6. The molecule has 0 fully saturated rings. The molecule has 0 unspecified atom stereocenters. The summed E-state index contributed by atoms with van der Waals surface area (Å²) in [5, 5.41) is 2.53. The van der Waals surface area contributed by atoms with E-state index in [0.717, 1.165) is 0 Å². The Labute approximate surface area is 166 Å². The topological polar surface area (TPSA) is 101 Å². The molecular weight excluding hydrogens is 400 g/mol. The number of nitrogens with one attached hydrogen (secondary N) is 1. The van der Waals surface area contributed by atoms with E-state index in [2.05, 4.69) is 5.32 Å². The zero-order valence-electron chi connectivity index (χ0n) is 16.0. The summed E-state index contributed by atoms with van der Waals surface area (Å²) in [7, 11) is -5.75. The quantitative estimate of drug-likeness (QED) is 0.698. The monoisotopic (exact) mass is 424 g/mol. The van der Waals surface area contributed by atoms with Crippen LogP contribution in [-0.2, 0) is 19.9 Å². The normalized spacial score (nSPS) is 12.3. The van der Waals surface area contributed by atoms with Gasteiger partial charge in [0, 0.05) is 25.2 Å². The van der Waals surface area contributed by atoms with E-state index >= 15 is 0 Å². The van der Waals surface area contributed by atoms with Crippen molar-refractivity contribution in [2.75, 3.05) is 19.3 Å². The largest absolute Gasteiger partial charge is 0.351 e. The van der Waals surface area contributed by atoms with E-state index in [1.807, 2.05) is 0 Å². The molecule has 0 aromatic heterocycles. The number of benzene rings is 2. The molecule has 0 atom stereocenters. The third kappa shape index (κ3) is 5.18. The Balaban J connectivity index is 2.08. The van der Waals surface area contributed by atoms with Crippen LogP contribution in [0.25, 0.3) is 0 Å². The van der Waals surface area contributed by atoms with Gasteiger partial charge in [-0.3, -0.25) is 4.79 Å². The summed E-state index contributed by atoms with van der Waals surface area (Å²) in [6, 6.07) is 13.4. The van der Waals surface area contributed by atoms with Crippen LogP contribution in [0.15, 0.2) is 64.4 Å². The molecule has 0 saturated heterocycles. The molecule has 0 aliphatic carbocycles. The lowest BCUT2D eigenvalue weighted by atomic mass is 10.2. The second-order valence-electron chi connectivity index (χ2n) is 6.53. The highest BCUT2D eigenvalue weighted by Crippen LogP contribution is 2.18. The molecule has 28 heavy (non-hydrogen) atoms. The maximum atomic E-state index is 12.6. The van der Waals surface area contributed by atoms with Crippen LogP contribution in [0, 0.1) is 0 Å². The van der Waals surface area contributed by atoms with E-state index in [4.69, 9.17) is 0 Å². The molecule has 7 nitrogen and oxygen atoms in total. The Hall–Kier alpha value is -2.23. The third-order valence-electron chi connectivity index (χ3n) is 4.26. The number of sulfone groups is 1. The minimum absolute atomic E-state index is 0.00765. The van der Waals surface area contributed by atoms with Gasteiger partial charge >= 0.3 is 0 Å². The van der Waals surface area contributed by atoms with Gasteiger partial charge in [0.15, 0.2) is 9.84 Å². The Morgan fingerprint density at radius 3 is 2.18 bits per heavy atom. The predicted octanol–water partition coefficient (Wildman–Crippen LogP) is 1.92. The van der Waals surface area contributed by atoms with E-state index in [-0.39, 0.29) is 33.7 Å². The average molecular weight is 425 g/mol. The molecule has 2 rings (SSSR count). The summed E-state index contributed by atoms with van der Waals surface area (Å²) in [6.07, 6.45) is 0. The number of hydrogen-bond donors (Lipinski definition) is 1. The number of rotatable bonds is 8. The van der Waals surface area contributed by atoms with Crippen LogP contribution < -0.4 is 5.32 Å². The van der Waals surface area contributed by atoms with Gasteiger partial charge in [0.05, 0.1) is 15.5 Å². The van der Waals surface area contributed by atoms with Crippen LogP contribution in [0.3, 0.4) is 0 Å². The number of carbonyl (C=O) groups excluding carboxylic acids is 1. The number of carbonyl (C=O) groups is 1. The van der Waals surface area contributed by atoms with E-state index in [1.165, 1.54) is 47.8 Å². The molecular formula is C19H24N2O5S2. The standard InChI is InChI=1S/C19H24N2O5S2/c1-15(2)21(3)28(25,26)18-11-7-8-16(14-18)19(22)20-12-13-27(23,24)17-9-5-4-6-10-17/h4-11,14-15H,12-13H2,1-3H3,(H,20,22). The number of nitrogens with zero attached hydrogens (tertiary/aromatic N) is 1. The molecule has 0 aliphatic rings. The fraction of sp³-hybridized carbons (Fsp3) is 0.316. The average Bonchev–Trinajstić information content (AvgIpc) is 2.67. The Kier molecular flexibility index (Phi) is 6.97. The SMILES string of the molecule is CC(C)N(C)S(=O)(=O)c1cccc(C(=O)NCCS(=O)(=O)c2ccccc2)c1. The fourth-order valence-corrected chi connectivity index (χ4v) is 4.98. The third-order valence-corrected chi connectivity index (χ3v) is 8.02. The van der Waals surface area contributed by atoms with Crippen LogP contribution in [0.1, 0.15) is 24.2 Å². The first kappa shape index (κ1) is 22.1. The lowest BCUT2D eigenvalue weighted by Gasteiger charge is -2.21. The molecule has 2 aromatic carbocycles. The van der Waals surface area contributed by atoms with Crippen molar-refractivity contribution in [1.29, 1.82) is 0 Å². The van der Waals surface area contributed by atoms with Gasteiger partial charge in [0.1, 0.15) is 0 Å². The molecule has 0 aliphatic heterocycles. The summed E-state index contributed by atoms with van der Waals surface area (Å²) >= 11 is 0. The lowest BCUT2D eigenvalue weighted by molar-refractivity contribution is 0.0956. The smallest absolute Gasteiger partial charge is 0.251 e. The van der Waals surface area contributed by atoms with Crippen LogP contribution >= 0.6 is 0 Å². The molecule has 0 spiro atoms. The first-order valence-corrected chi connectivity index (χ1v) is 11.8. The zero-order valence-corrected chi connectivity index (χ0v) is 17.6. The van der Waals surface area contributed by atoms with E-state index < -0.39 is 25.8 Å². The Morgan fingerprint density at radius 2 is 1.57 bits per heavy atom. The van der Waals surface area contributed by atoms with Crippen molar-refractivity contribution in [1.82, 2.24) is 9.62 Å². The summed E-state index contributed by atoms with van der Waals surface area (Å²) < 4.78 is 50.8. The molecule has 152 valence electrons. The van der Waals surface area contributed by atoms with Gasteiger partial charge in [-0.15, -0.1) is 0 Å². The molecule has 1 N–H and O–H groups in total. The first-order chi connectivity index (χ1) is 13.1. The van der Waals surface area contributed by atoms with Gasteiger partial charge < -0.3 is 5.32 Å². The van der Waals surface area contributed by atoms with E-state index in [9.17, 15) is 21.6 Å².